The van der Waals surface area contributed by atoms with Gasteiger partial charge in [-0.1, -0.05) is 54.6 Å². The average Bonchev–Trinajstić information content (AvgIpc) is 3.31. The summed E-state index contributed by atoms with van der Waals surface area (Å²) in [5, 5.41) is 6.78. The maximum atomic E-state index is 13.7. The summed E-state index contributed by atoms with van der Waals surface area (Å²) in [6.07, 6.45) is 1.90. The van der Waals surface area contributed by atoms with Crippen LogP contribution in [0.15, 0.2) is 83.2 Å². The first kappa shape index (κ1) is 19.9. The molecule has 1 atom stereocenters. The smallest absolute Gasteiger partial charge is 0.244 e. The summed E-state index contributed by atoms with van der Waals surface area (Å²) in [7, 11) is -3.91. The first-order valence-electron chi connectivity index (χ1n) is 9.80. The number of nitrogens with one attached hydrogen (secondary N) is 1. The van der Waals surface area contributed by atoms with E-state index >= 15 is 0 Å². The van der Waals surface area contributed by atoms with Crippen molar-refractivity contribution in [3.05, 3.63) is 89.4 Å². The van der Waals surface area contributed by atoms with E-state index in [-0.39, 0.29) is 17.3 Å². The lowest BCUT2D eigenvalue weighted by molar-refractivity contribution is -0.120. The van der Waals surface area contributed by atoms with Crippen LogP contribution < -0.4 is 5.32 Å². The van der Waals surface area contributed by atoms with Gasteiger partial charge in [-0.25, -0.2) is 13.4 Å². The Morgan fingerprint density at radius 2 is 1.74 bits per heavy atom. The number of anilines is 1. The molecule has 0 saturated carbocycles. The number of amides is 1. The van der Waals surface area contributed by atoms with Crippen molar-refractivity contribution in [2.75, 3.05) is 5.32 Å². The lowest BCUT2D eigenvalue weighted by atomic mass is 9.95. The van der Waals surface area contributed by atoms with Crippen LogP contribution in [0.1, 0.15) is 11.1 Å². The van der Waals surface area contributed by atoms with Gasteiger partial charge in [0.15, 0.2) is 5.13 Å². The van der Waals surface area contributed by atoms with Gasteiger partial charge in [0.2, 0.25) is 15.9 Å². The van der Waals surface area contributed by atoms with E-state index in [4.69, 9.17) is 0 Å². The summed E-state index contributed by atoms with van der Waals surface area (Å²) in [5.74, 6) is -0.381. The van der Waals surface area contributed by atoms with E-state index in [1.54, 1.807) is 29.8 Å². The van der Waals surface area contributed by atoms with Crippen molar-refractivity contribution in [2.45, 2.75) is 23.9 Å². The number of hydrogen-bond acceptors (Lipinski definition) is 5. The Labute approximate surface area is 184 Å². The van der Waals surface area contributed by atoms with E-state index in [1.807, 2.05) is 48.5 Å². The van der Waals surface area contributed by atoms with E-state index in [0.717, 1.165) is 21.9 Å². The van der Waals surface area contributed by atoms with Crippen LogP contribution in [-0.2, 0) is 27.8 Å². The summed E-state index contributed by atoms with van der Waals surface area (Å²) < 4.78 is 28.7. The molecule has 5 rings (SSSR count). The fourth-order valence-corrected chi connectivity index (χ4v) is 6.05. The lowest BCUT2D eigenvalue weighted by Gasteiger charge is -2.34. The minimum Gasteiger partial charge on any atom is -0.301 e. The molecule has 2 heterocycles. The number of aromatic nitrogens is 1. The molecule has 0 unspecified atom stereocenters. The molecule has 8 heteroatoms. The van der Waals surface area contributed by atoms with Gasteiger partial charge in [0.1, 0.15) is 6.04 Å². The number of rotatable bonds is 4. The molecule has 0 aliphatic carbocycles. The first-order chi connectivity index (χ1) is 15.0. The molecular formula is C23H19N3O3S2. The number of carbonyl (C=O) groups excluding carboxylic acids is 1. The Bertz CT molecular complexity index is 1370. The molecule has 1 aliphatic rings. The van der Waals surface area contributed by atoms with E-state index in [0.29, 0.717) is 11.6 Å². The number of benzene rings is 3. The molecule has 0 fully saturated rings. The zero-order valence-corrected chi connectivity index (χ0v) is 18.1. The van der Waals surface area contributed by atoms with Crippen LogP contribution in [0.4, 0.5) is 5.13 Å². The standard InChI is InChI=1S/C23H19N3O3S2/c27-22(25-23-24-11-12-30-23)21-14-18-7-3-4-8-19(18)15-26(21)31(28,29)20-10-9-16-5-1-2-6-17(16)13-20/h1-13,21H,14-15H2,(H,24,25,27)/t21-/m1/s1. The molecule has 3 aromatic carbocycles. The van der Waals surface area contributed by atoms with Gasteiger partial charge in [0.25, 0.3) is 0 Å². The fourth-order valence-electron chi connectivity index (χ4n) is 3.91. The zero-order valence-electron chi connectivity index (χ0n) is 16.4. The number of sulfonamides is 1. The van der Waals surface area contributed by atoms with Gasteiger partial charge in [0.05, 0.1) is 4.90 Å². The third-order valence-electron chi connectivity index (χ3n) is 5.50. The minimum atomic E-state index is -3.91. The number of fused-ring (bicyclic) bond motifs is 2. The van der Waals surface area contributed by atoms with Crippen molar-refractivity contribution in [1.29, 1.82) is 0 Å². The van der Waals surface area contributed by atoms with Crippen molar-refractivity contribution in [3.63, 3.8) is 0 Å². The normalized spacial score (nSPS) is 16.7. The van der Waals surface area contributed by atoms with E-state index in [2.05, 4.69) is 10.3 Å². The second-order valence-electron chi connectivity index (χ2n) is 7.37. The summed E-state index contributed by atoms with van der Waals surface area (Å²) >= 11 is 1.30. The van der Waals surface area contributed by atoms with Gasteiger partial charge in [-0.05, 0) is 40.5 Å². The first-order valence-corrected chi connectivity index (χ1v) is 12.1. The Morgan fingerprint density at radius 1 is 1.00 bits per heavy atom. The predicted octanol–water partition coefficient (Wildman–Crippen LogP) is 4.05. The van der Waals surface area contributed by atoms with Crippen LogP contribution in [0, 0.1) is 0 Å². The van der Waals surface area contributed by atoms with Crippen LogP contribution in [-0.4, -0.2) is 29.7 Å². The number of hydrogen-bond donors (Lipinski definition) is 1. The quantitative estimate of drug-likeness (QED) is 0.510. The molecule has 1 aromatic heterocycles. The van der Waals surface area contributed by atoms with Crippen molar-refractivity contribution in [3.8, 4) is 0 Å². The molecule has 0 saturated heterocycles. The van der Waals surface area contributed by atoms with Crippen LogP contribution in [0.3, 0.4) is 0 Å². The lowest BCUT2D eigenvalue weighted by Crippen LogP contribution is -2.50. The van der Waals surface area contributed by atoms with Crippen molar-refractivity contribution >= 4 is 43.2 Å². The van der Waals surface area contributed by atoms with Crippen LogP contribution in [0.25, 0.3) is 10.8 Å². The fraction of sp³-hybridized carbons (Fsp3) is 0.130. The van der Waals surface area contributed by atoms with Crippen molar-refractivity contribution in [2.24, 2.45) is 0 Å². The topological polar surface area (TPSA) is 79.4 Å². The summed E-state index contributed by atoms with van der Waals surface area (Å²) in [4.78, 5) is 17.4. The zero-order chi connectivity index (χ0) is 21.4. The summed E-state index contributed by atoms with van der Waals surface area (Å²) in [6.45, 7) is 0.140. The summed E-state index contributed by atoms with van der Waals surface area (Å²) in [5.41, 5.74) is 1.89. The number of thiazole rings is 1. The van der Waals surface area contributed by atoms with Crippen LogP contribution in [0.5, 0.6) is 0 Å². The SMILES string of the molecule is O=C(Nc1nccs1)[C@H]1Cc2ccccc2CN1S(=O)(=O)c1ccc2ccccc2c1. The molecule has 4 aromatic rings. The largest absolute Gasteiger partial charge is 0.301 e. The van der Waals surface area contributed by atoms with E-state index in [1.165, 1.54) is 15.6 Å². The molecule has 0 radical (unpaired) electrons. The molecule has 31 heavy (non-hydrogen) atoms. The molecule has 1 amide bonds. The van der Waals surface area contributed by atoms with Gasteiger partial charge in [-0.3, -0.25) is 4.79 Å². The van der Waals surface area contributed by atoms with Crippen LogP contribution >= 0.6 is 11.3 Å². The van der Waals surface area contributed by atoms with Crippen LogP contribution in [0.2, 0.25) is 0 Å². The van der Waals surface area contributed by atoms with Gasteiger partial charge < -0.3 is 5.32 Å². The maximum absolute atomic E-state index is 13.7. The Balaban J connectivity index is 1.56. The second-order valence-corrected chi connectivity index (χ2v) is 10.2. The highest BCUT2D eigenvalue weighted by Gasteiger charge is 2.39. The Kier molecular flexibility index (Phi) is 5.05. The highest BCUT2D eigenvalue weighted by molar-refractivity contribution is 7.89. The van der Waals surface area contributed by atoms with E-state index < -0.39 is 16.1 Å². The molecule has 156 valence electrons. The third-order valence-corrected chi connectivity index (χ3v) is 8.04. The van der Waals surface area contributed by atoms with Gasteiger partial charge in [-0.15, -0.1) is 11.3 Å². The Morgan fingerprint density at radius 3 is 2.52 bits per heavy atom. The number of carbonyl (C=O) groups is 1. The molecule has 1 aliphatic heterocycles. The van der Waals surface area contributed by atoms with Gasteiger partial charge in [0, 0.05) is 18.1 Å². The highest BCUT2D eigenvalue weighted by Crippen LogP contribution is 2.31. The predicted molar refractivity (Wildman–Crippen MR) is 121 cm³/mol. The maximum Gasteiger partial charge on any atom is 0.244 e. The molecule has 0 spiro atoms. The molecule has 6 nitrogen and oxygen atoms in total. The molecule has 0 bridgehead atoms. The summed E-state index contributed by atoms with van der Waals surface area (Å²) in [6, 6.07) is 19.5. The highest BCUT2D eigenvalue weighted by atomic mass is 32.2. The monoisotopic (exact) mass is 449 g/mol. The Hall–Kier alpha value is -3.07. The minimum absolute atomic E-state index is 0.140. The second kappa shape index (κ2) is 7.88. The van der Waals surface area contributed by atoms with Crippen molar-refractivity contribution < 1.29 is 13.2 Å². The van der Waals surface area contributed by atoms with Gasteiger partial charge in [-0.2, -0.15) is 4.31 Å². The average molecular weight is 450 g/mol. The van der Waals surface area contributed by atoms with Crippen molar-refractivity contribution in [1.82, 2.24) is 9.29 Å². The van der Waals surface area contributed by atoms with Gasteiger partial charge >= 0.3 is 0 Å². The third kappa shape index (κ3) is 3.74. The van der Waals surface area contributed by atoms with E-state index in [9.17, 15) is 13.2 Å². The molecule has 1 N–H and O–H groups in total. The molecular weight excluding hydrogens is 430 g/mol. The number of nitrogens with zero attached hydrogens (tertiary/aromatic N) is 2.